The fraction of sp³-hybridized carbons (Fsp3) is 0.778. The summed E-state index contributed by atoms with van der Waals surface area (Å²) >= 11 is 0. The van der Waals surface area contributed by atoms with E-state index in [0.717, 1.165) is 18.4 Å². The van der Waals surface area contributed by atoms with E-state index in [1.165, 1.54) is 6.42 Å². The summed E-state index contributed by atoms with van der Waals surface area (Å²) in [7, 11) is 0. The van der Waals surface area contributed by atoms with Crippen molar-refractivity contribution in [3.05, 3.63) is 11.6 Å². The van der Waals surface area contributed by atoms with Crippen LogP contribution in [0, 0.1) is 17.3 Å². The molecule has 1 nitrogen and oxygen atoms in total. The normalized spacial score (nSPS) is 48.5. The average molecular weight is 137 g/mol. The Hall–Kier alpha value is -0.300. The smallest absolute Gasteiger partial charge is 0.000868 e. The molecular formula is C9H15N. The van der Waals surface area contributed by atoms with Crippen LogP contribution in [-0.4, -0.2) is 6.54 Å². The summed E-state index contributed by atoms with van der Waals surface area (Å²) in [5.41, 5.74) is 7.93. The molecule has 0 amide bonds. The standard InChI is InChI=1S/C9H15N/c1-3-6-7-8(6)9(7,4-2)5-10/h3,7-8H,4-5,10H2,1-2H3. The first-order valence-electron chi connectivity index (χ1n) is 4.18. The van der Waals surface area contributed by atoms with Crippen LogP contribution in [0.3, 0.4) is 0 Å². The minimum atomic E-state index is 0.571. The van der Waals surface area contributed by atoms with Crippen molar-refractivity contribution >= 4 is 0 Å². The fourth-order valence-corrected chi connectivity index (χ4v) is 2.54. The van der Waals surface area contributed by atoms with Crippen molar-refractivity contribution in [3.8, 4) is 0 Å². The van der Waals surface area contributed by atoms with Crippen molar-refractivity contribution in [2.75, 3.05) is 6.54 Å². The van der Waals surface area contributed by atoms with Crippen LogP contribution in [0.4, 0.5) is 0 Å². The van der Waals surface area contributed by atoms with Crippen LogP contribution >= 0.6 is 0 Å². The maximum absolute atomic E-state index is 5.69. The highest BCUT2D eigenvalue weighted by molar-refractivity contribution is 5.50. The molecule has 0 radical (unpaired) electrons. The molecule has 10 heavy (non-hydrogen) atoms. The largest absolute Gasteiger partial charge is 0.330 e. The maximum Gasteiger partial charge on any atom is -0.000868 e. The molecule has 0 heterocycles. The second-order valence-electron chi connectivity index (χ2n) is 3.53. The predicted molar refractivity (Wildman–Crippen MR) is 42.5 cm³/mol. The van der Waals surface area contributed by atoms with Crippen molar-refractivity contribution in [3.63, 3.8) is 0 Å². The SMILES string of the molecule is CC=C1C2C1C2(CC)CN. The van der Waals surface area contributed by atoms with Gasteiger partial charge in [-0.3, -0.25) is 0 Å². The van der Waals surface area contributed by atoms with Gasteiger partial charge in [0.2, 0.25) is 0 Å². The molecule has 0 saturated heterocycles. The Morgan fingerprint density at radius 2 is 2.20 bits per heavy atom. The summed E-state index contributed by atoms with van der Waals surface area (Å²) in [6.07, 6.45) is 3.54. The van der Waals surface area contributed by atoms with E-state index in [0.29, 0.717) is 5.41 Å². The Balaban J connectivity index is 2.04. The molecule has 0 bridgehead atoms. The van der Waals surface area contributed by atoms with Crippen molar-refractivity contribution in [2.24, 2.45) is 23.0 Å². The molecule has 0 spiro atoms. The number of hydrogen-bond acceptors (Lipinski definition) is 1. The molecule has 56 valence electrons. The molecule has 0 aliphatic heterocycles. The van der Waals surface area contributed by atoms with E-state index in [-0.39, 0.29) is 0 Å². The predicted octanol–water partition coefficient (Wildman–Crippen LogP) is 1.55. The first-order chi connectivity index (χ1) is 4.81. The lowest BCUT2D eigenvalue weighted by Gasteiger charge is -2.18. The van der Waals surface area contributed by atoms with Gasteiger partial charge in [-0.15, -0.1) is 0 Å². The Bertz CT molecular complexity index is 175. The number of rotatable bonds is 2. The van der Waals surface area contributed by atoms with Crippen LogP contribution in [0.2, 0.25) is 0 Å². The lowest BCUT2D eigenvalue weighted by atomic mass is 9.89. The number of nitrogens with two attached hydrogens (primary N) is 1. The molecule has 0 aromatic heterocycles. The summed E-state index contributed by atoms with van der Waals surface area (Å²) < 4.78 is 0. The molecule has 0 aromatic carbocycles. The van der Waals surface area contributed by atoms with Crippen LogP contribution < -0.4 is 5.73 Å². The Morgan fingerprint density at radius 3 is 2.50 bits per heavy atom. The van der Waals surface area contributed by atoms with Gasteiger partial charge in [0.15, 0.2) is 0 Å². The third-order valence-electron chi connectivity index (χ3n) is 3.44. The minimum Gasteiger partial charge on any atom is -0.330 e. The van der Waals surface area contributed by atoms with Crippen LogP contribution in [0.1, 0.15) is 20.3 Å². The van der Waals surface area contributed by atoms with Gasteiger partial charge in [0.25, 0.3) is 0 Å². The van der Waals surface area contributed by atoms with Crippen molar-refractivity contribution < 1.29 is 0 Å². The lowest BCUT2D eigenvalue weighted by molar-refractivity contribution is 0.408. The van der Waals surface area contributed by atoms with Crippen molar-refractivity contribution in [2.45, 2.75) is 20.3 Å². The van der Waals surface area contributed by atoms with Gasteiger partial charge in [0, 0.05) is 0 Å². The zero-order valence-corrected chi connectivity index (χ0v) is 6.72. The van der Waals surface area contributed by atoms with Crippen LogP contribution in [0.15, 0.2) is 11.6 Å². The molecular weight excluding hydrogens is 122 g/mol. The molecule has 2 unspecified atom stereocenters. The van der Waals surface area contributed by atoms with E-state index in [2.05, 4.69) is 19.9 Å². The Kier molecular flexibility index (Phi) is 1.06. The molecule has 2 saturated carbocycles. The van der Waals surface area contributed by atoms with Crippen LogP contribution in [0.5, 0.6) is 0 Å². The second-order valence-corrected chi connectivity index (χ2v) is 3.53. The van der Waals surface area contributed by atoms with Gasteiger partial charge in [-0.05, 0) is 37.1 Å². The molecule has 2 aliphatic carbocycles. The van der Waals surface area contributed by atoms with E-state index >= 15 is 0 Å². The summed E-state index contributed by atoms with van der Waals surface area (Å²) in [6.45, 7) is 5.29. The monoisotopic (exact) mass is 137 g/mol. The third-order valence-corrected chi connectivity index (χ3v) is 3.44. The zero-order valence-electron chi connectivity index (χ0n) is 6.72. The van der Waals surface area contributed by atoms with Gasteiger partial charge in [0.1, 0.15) is 0 Å². The molecule has 2 N–H and O–H groups in total. The summed E-state index contributed by atoms with van der Waals surface area (Å²) in [5, 5.41) is 0. The summed E-state index contributed by atoms with van der Waals surface area (Å²) in [6, 6.07) is 0. The first kappa shape index (κ1) is 6.41. The average Bonchev–Trinajstić information content (AvgIpc) is 2.77. The molecule has 2 fully saturated rings. The van der Waals surface area contributed by atoms with Gasteiger partial charge >= 0.3 is 0 Å². The maximum atomic E-state index is 5.69. The first-order valence-corrected chi connectivity index (χ1v) is 4.18. The molecule has 2 atom stereocenters. The van der Waals surface area contributed by atoms with Crippen molar-refractivity contribution in [1.82, 2.24) is 0 Å². The van der Waals surface area contributed by atoms with Crippen LogP contribution in [0.25, 0.3) is 0 Å². The van der Waals surface area contributed by atoms with Crippen LogP contribution in [-0.2, 0) is 0 Å². The zero-order chi connectivity index (χ0) is 7.35. The topological polar surface area (TPSA) is 26.0 Å². The van der Waals surface area contributed by atoms with E-state index in [1.54, 1.807) is 5.57 Å². The number of hydrogen-bond donors (Lipinski definition) is 1. The Labute approximate surface area is 62.3 Å². The highest BCUT2D eigenvalue weighted by Gasteiger charge is 2.77. The number of allylic oxidation sites excluding steroid dienone is 2. The van der Waals surface area contributed by atoms with E-state index < -0.39 is 0 Å². The summed E-state index contributed by atoms with van der Waals surface area (Å²) in [5.74, 6) is 1.82. The minimum absolute atomic E-state index is 0.571. The molecule has 2 rings (SSSR count). The van der Waals surface area contributed by atoms with E-state index in [4.69, 9.17) is 5.73 Å². The van der Waals surface area contributed by atoms with Gasteiger partial charge < -0.3 is 5.73 Å². The van der Waals surface area contributed by atoms with Gasteiger partial charge in [0.05, 0.1) is 0 Å². The summed E-state index contributed by atoms with van der Waals surface area (Å²) in [4.78, 5) is 0. The molecule has 1 heteroatoms. The Morgan fingerprint density at radius 1 is 1.60 bits per heavy atom. The van der Waals surface area contributed by atoms with Gasteiger partial charge in [-0.1, -0.05) is 18.6 Å². The third kappa shape index (κ3) is 0.450. The molecule has 0 aromatic rings. The molecule has 2 aliphatic rings. The highest BCUT2D eigenvalue weighted by Crippen LogP contribution is 2.82. The quantitative estimate of drug-likeness (QED) is 0.574. The number of fused-ring (bicyclic) bond motifs is 1. The van der Waals surface area contributed by atoms with Crippen molar-refractivity contribution in [1.29, 1.82) is 0 Å². The van der Waals surface area contributed by atoms with E-state index in [1.807, 2.05) is 0 Å². The van der Waals surface area contributed by atoms with Gasteiger partial charge in [-0.2, -0.15) is 0 Å². The second kappa shape index (κ2) is 1.65. The highest BCUT2D eigenvalue weighted by atomic mass is 14.9. The van der Waals surface area contributed by atoms with E-state index in [9.17, 15) is 0 Å². The van der Waals surface area contributed by atoms with Gasteiger partial charge in [-0.25, -0.2) is 0 Å². The lowest BCUT2D eigenvalue weighted by Crippen LogP contribution is -2.22. The fourth-order valence-electron chi connectivity index (χ4n) is 2.54.